The predicted octanol–water partition coefficient (Wildman–Crippen LogP) is 2.10. The minimum atomic E-state index is -0.222. The third-order valence-corrected chi connectivity index (χ3v) is 2.37. The number of anilines is 1. The normalized spacial score (nSPS) is 10.2. The molecule has 4 nitrogen and oxygen atoms in total. The summed E-state index contributed by atoms with van der Waals surface area (Å²) in [6.07, 6.45) is 0. The lowest BCUT2D eigenvalue weighted by Crippen LogP contribution is -2.22. The van der Waals surface area contributed by atoms with Gasteiger partial charge in [0.1, 0.15) is 5.76 Å². The first-order chi connectivity index (χ1) is 8.15. The zero-order valence-electron chi connectivity index (χ0n) is 9.57. The molecule has 4 heteroatoms. The van der Waals surface area contributed by atoms with Crippen molar-refractivity contribution < 1.29 is 9.21 Å². The second-order valence-corrected chi connectivity index (χ2v) is 3.84. The second-order valence-electron chi connectivity index (χ2n) is 3.84. The van der Waals surface area contributed by atoms with Crippen molar-refractivity contribution in [2.75, 3.05) is 5.73 Å². The van der Waals surface area contributed by atoms with E-state index in [1.165, 1.54) is 0 Å². The van der Waals surface area contributed by atoms with E-state index in [2.05, 4.69) is 5.32 Å². The molecule has 0 atom stereocenters. The van der Waals surface area contributed by atoms with Gasteiger partial charge in [0.25, 0.3) is 5.91 Å². The minimum Gasteiger partial charge on any atom is -0.456 e. The van der Waals surface area contributed by atoms with Gasteiger partial charge in [-0.15, -0.1) is 0 Å². The smallest absolute Gasteiger partial charge is 0.287 e. The maximum atomic E-state index is 11.7. The van der Waals surface area contributed by atoms with E-state index in [4.69, 9.17) is 10.2 Å². The molecule has 1 heterocycles. The zero-order valence-corrected chi connectivity index (χ0v) is 9.57. The Bertz CT molecular complexity index is 532. The van der Waals surface area contributed by atoms with E-state index < -0.39 is 0 Å². The van der Waals surface area contributed by atoms with Crippen molar-refractivity contribution in [1.82, 2.24) is 5.32 Å². The summed E-state index contributed by atoms with van der Waals surface area (Å²) in [5, 5.41) is 2.77. The first kappa shape index (κ1) is 11.3. The van der Waals surface area contributed by atoms with E-state index in [1.54, 1.807) is 25.1 Å². The Morgan fingerprint density at radius 2 is 2.18 bits per heavy atom. The molecule has 0 fully saturated rings. The molecule has 0 saturated heterocycles. The largest absolute Gasteiger partial charge is 0.456 e. The first-order valence-electron chi connectivity index (χ1n) is 5.34. The van der Waals surface area contributed by atoms with Gasteiger partial charge in [-0.05, 0) is 36.8 Å². The van der Waals surface area contributed by atoms with Gasteiger partial charge < -0.3 is 15.5 Å². The number of carbonyl (C=O) groups excluding carboxylic acids is 1. The lowest BCUT2D eigenvalue weighted by molar-refractivity contribution is 0.0922. The Hall–Kier alpha value is -2.23. The van der Waals surface area contributed by atoms with E-state index in [1.807, 2.05) is 18.2 Å². The lowest BCUT2D eigenvalue weighted by atomic mass is 10.2. The van der Waals surface area contributed by atoms with E-state index in [9.17, 15) is 4.79 Å². The number of hydrogen-bond donors (Lipinski definition) is 2. The van der Waals surface area contributed by atoms with Crippen LogP contribution in [0.4, 0.5) is 5.69 Å². The maximum absolute atomic E-state index is 11.7. The number of rotatable bonds is 3. The van der Waals surface area contributed by atoms with Gasteiger partial charge in [-0.2, -0.15) is 0 Å². The minimum absolute atomic E-state index is 0.222. The second kappa shape index (κ2) is 4.74. The molecule has 1 amide bonds. The van der Waals surface area contributed by atoms with Crippen LogP contribution in [0.25, 0.3) is 0 Å². The fourth-order valence-corrected chi connectivity index (χ4v) is 1.53. The van der Waals surface area contributed by atoms with Crippen LogP contribution in [-0.4, -0.2) is 5.91 Å². The molecule has 0 unspecified atom stereocenters. The Morgan fingerprint density at radius 1 is 1.35 bits per heavy atom. The molecule has 1 aromatic heterocycles. The van der Waals surface area contributed by atoms with Crippen molar-refractivity contribution in [2.24, 2.45) is 0 Å². The molecular weight excluding hydrogens is 216 g/mol. The average Bonchev–Trinajstić information content (AvgIpc) is 2.73. The van der Waals surface area contributed by atoms with Crippen LogP contribution in [0.15, 0.2) is 40.8 Å². The number of nitrogens with one attached hydrogen (secondary N) is 1. The van der Waals surface area contributed by atoms with Crippen LogP contribution in [0.3, 0.4) is 0 Å². The van der Waals surface area contributed by atoms with Crippen molar-refractivity contribution in [1.29, 1.82) is 0 Å². The molecule has 0 aliphatic carbocycles. The summed E-state index contributed by atoms with van der Waals surface area (Å²) in [5.41, 5.74) is 7.29. The third-order valence-electron chi connectivity index (χ3n) is 2.37. The molecule has 2 rings (SSSR count). The molecule has 1 aromatic carbocycles. The number of benzene rings is 1. The van der Waals surface area contributed by atoms with Gasteiger partial charge in [0.05, 0.1) is 0 Å². The summed E-state index contributed by atoms with van der Waals surface area (Å²) in [4.78, 5) is 11.7. The Balaban J connectivity index is 1.97. The van der Waals surface area contributed by atoms with Crippen LogP contribution >= 0.6 is 0 Å². The molecule has 0 saturated carbocycles. The Labute approximate surface area is 99.4 Å². The summed E-state index contributed by atoms with van der Waals surface area (Å²) in [7, 11) is 0. The number of hydrogen-bond acceptors (Lipinski definition) is 3. The number of carbonyl (C=O) groups is 1. The van der Waals surface area contributed by atoms with Gasteiger partial charge in [0.2, 0.25) is 0 Å². The lowest BCUT2D eigenvalue weighted by Gasteiger charge is -2.04. The number of amides is 1. The van der Waals surface area contributed by atoms with Crippen LogP contribution in [-0.2, 0) is 6.54 Å². The van der Waals surface area contributed by atoms with E-state index in [0.29, 0.717) is 18.0 Å². The number of furan rings is 1. The van der Waals surface area contributed by atoms with Crippen molar-refractivity contribution >= 4 is 11.6 Å². The number of nitrogen functional groups attached to an aromatic ring is 1. The highest BCUT2D eigenvalue weighted by Crippen LogP contribution is 2.08. The fourth-order valence-electron chi connectivity index (χ4n) is 1.53. The number of aryl methyl sites for hydroxylation is 1. The van der Waals surface area contributed by atoms with Gasteiger partial charge in [0, 0.05) is 12.2 Å². The van der Waals surface area contributed by atoms with Gasteiger partial charge in [-0.3, -0.25) is 4.79 Å². The molecule has 17 heavy (non-hydrogen) atoms. The Morgan fingerprint density at radius 3 is 2.82 bits per heavy atom. The summed E-state index contributed by atoms with van der Waals surface area (Å²) in [6.45, 7) is 2.23. The van der Waals surface area contributed by atoms with Gasteiger partial charge >= 0.3 is 0 Å². The fraction of sp³-hybridized carbons (Fsp3) is 0.154. The van der Waals surface area contributed by atoms with Crippen molar-refractivity contribution in [3.8, 4) is 0 Å². The van der Waals surface area contributed by atoms with Gasteiger partial charge in [0.15, 0.2) is 5.76 Å². The maximum Gasteiger partial charge on any atom is 0.287 e. The van der Waals surface area contributed by atoms with Crippen LogP contribution in [0, 0.1) is 6.92 Å². The highest BCUT2D eigenvalue weighted by Gasteiger charge is 2.08. The highest BCUT2D eigenvalue weighted by atomic mass is 16.3. The standard InChI is InChI=1S/C13H14N2O2/c1-9-5-6-12(17-9)13(16)15-8-10-3-2-4-11(14)7-10/h2-7H,8,14H2,1H3,(H,15,16). The van der Waals surface area contributed by atoms with Gasteiger partial charge in [-0.25, -0.2) is 0 Å². The predicted molar refractivity (Wildman–Crippen MR) is 65.5 cm³/mol. The molecule has 88 valence electrons. The average molecular weight is 230 g/mol. The summed E-state index contributed by atoms with van der Waals surface area (Å²) in [5.74, 6) is 0.825. The molecule has 0 spiro atoms. The highest BCUT2D eigenvalue weighted by molar-refractivity contribution is 5.91. The van der Waals surface area contributed by atoms with Crippen LogP contribution in [0.2, 0.25) is 0 Å². The number of nitrogens with two attached hydrogens (primary N) is 1. The molecule has 0 radical (unpaired) electrons. The van der Waals surface area contributed by atoms with Crippen molar-refractivity contribution in [3.63, 3.8) is 0 Å². The Kier molecular flexibility index (Phi) is 3.14. The molecule has 0 aliphatic rings. The molecule has 0 bridgehead atoms. The summed E-state index contributed by atoms with van der Waals surface area (Å²) in [6, 6.07) is 10.8. The zero-order chi connectivity index (χ0) is 12.3. The third kappa shape index (κ3) is 2.87. The van der Waals surface area contributed by atoms with Crippen LogP contribution in [0.5, 0.6) is 0 Å². The molecule has 3 N–H and O–H groups in total. The van der Waals surface area contributed by atoms with Crippen molar-refractivity contribution in [2.45, 2.75) is 13.5 Å². The topological polar surface area (TPSA) is 68.3 Å². The van der Waals surface area contributed by atoms with Crippen LogP contribution in [0.1, 0.15) is 21.9 Å². The monoisotopic (exact) mass is 230 g/mol. The molecular formula is C13H14N2O2. The summed E-state index contributed by atoms with van der Waals surface area (Å²) < 4.78 is 5.22. The van der Waals surface area contributed by atoms with Crippen molar-refractivity contribution in [3.05, 3.63) is 53.5 Å². The molecule has 2 aromatic rings. The quantitative estimate of drug-likeness (QED) is 0.793. The molecule has 0 aliphatic heterocycles. The SMILES string of the molecule is Cc1ccc(C(=O)NCc2cccc(N)c2)o1. The first-order valence-corrected chi connectivity index (χ1v) is 5.34. The van der Waals surface area contributed by atoms with E-state index in [-0.39, 0.29) is 5.91 Å². The van der Waals surface area contributed by atoms with E-state index >= 15 is 0 Å². The van der Waals surface area contributed by atoms with Gasteiger partial charge in [-0.1, -0.05) is 12.1 Å². The van der Waals surface area contributed by atoms with Crippen LogP contribution < -0.4 is 11.1 Å². The summed E-state index contributed by atoms with van der Waals surface area (Å²) >= 11 is 0. The van der Waals surface area contributed by atoms with E-state index in [0.717, 1.165) is 11.3 Å².